The molecule has 128 valence electrons. The summed E-state index contributed by atoms with van der Waals surface area (Å²) in [5.74, 6) is 0.182. The number of aromatic nitrogens is 1. The Morgan fingerprint density at radius 3 is 2.71 bits per heavy atom. The van der Waals surface area contributed by atoms with Crippen LogP contribution in [0.5, 0.6) is 11.5 Å². The highest BCUT2D eigenvalue weighted by Crippen LogP contribution is 2.34. The fraction of sp³-hybridized carbons (Fsp3) is 0.200. The average Bonchev–Trinajstić information content (AvgIpc) is 2.52. The molecule has 0 radical (unpaired) electrons. The molecule has 0 amide bonds. The molecule has 0 spiro atoms. The Bertz CT molecular complexity index is 734. The number of phenols is 1. The van der Waals surface area contributed by atoms with E-state index in [1.807, 2.05) is 0 Å². The van der Waals surface area contributed by atoms with E-state index in [0.717, 1.165) is 12.1 Å². The molecular weight excluding hydrogens is 347 g/mol. The maximum atomic E-state index is 12.4. The number of halogens is 4. The fourth-order valence-electron chi connectivity index (χ4n) is 1.73. The number of nitrogens with zero attached hydrogens (tertiary/aromatic N) is 2. The van der Waals surface area contributed by atoms with Crippen molar-refractivity contribution in [2.75, 3.05) is 12.0 Å². The number of rotatable bonds is 5. The highest BCUT2D eigenvalue weighted by atomic mass is 35.5. The molecule has 9 heteroatoms. The minimum Gasteiger partial charge on any atom is -0.503 e. The lowest BCUT2D eigenvalue weighted by Crippen LogP contribution is -2.05. The first-order chi connectivity index (χ1) is 11.3. The molecule has 1 heterocycles. The zero-order valence-corrected chi connectivity index (χ0v) is 13.2. The van der Waals surface area contributed by atoms with Gasteiger partial charge in [-0.25, -0.2) is 4.98 Å². The topological polar surface area (TPSA) is 66.7 Å². The fourth-order valence-corrected chi connectivity index (χ4v) is 1.95. The van der Waals surface area contributed by atoms with Gasteiger partial charge in [0.25, 0.3) is 0 Å². The van der Waals surface area contributed by atoms with Crippen molar-refractivity contribution in [1.82, 2.24) is 4.98 Å². The standard InChI is InChI=1S/C15H13ClF3N3O2/c1-2-24-12-6-9(5-11(16)14(12)23)7-21-22-13-4-3-10(8-20-13)15(17,18)19/h3-8,23H,2H2,1H3,(H,20,22)/b21-7+. The molecular formula is C15H13ClF3N3O2. The number of ether oxygens (including phenoxy) is 1. The number of benzene rings is 1. The third kappa shape index (κ3) is 4.51. The van der Waals surface area contributed by atoms with Crippen LogP contribution in [-0.2, 0) is 6.18 Å². The van der Waals surface area contributed by atoms with Gasteiger partial charge in [-0.3, -0.25) is 5.43 Å². The van der Waals surface area contributed by atoms with Crippen molar-refractivity contribution in [1.29, 1.82) is 0 Å². The Hall–Kier alpha value is -2.48. The van der Waals surface area contributed by atoms with E-state index in [9.17, 15) is 18.3 Å². The molecule has 1 aromatic heterocycles. The average molecular weight is 360 g/mol. The zero-order valence-electron chi connectivity index (χ0n) is 12.4. The van der Waals surface area contributed by atoms with Gasteiger partial charge in [0.2, 0.25) is 0 Å². The van der Waals surface area contributed by atoms with Gasteiger partial charge in [0.05, 0.1) is 23.4 Å². The molecule has 2 aromatic rings. The monoisotopic (exact) mass is 359 g/mol. The molecule has 0 aliphatic rings. The maximum Gasteiger partial charge on any atom is 0.417 e. The van der Waals surface area contributed by atoms with Gasteiger partial charge >= 0.3 is 6.18 Å². The molecule has 0 fully saturated rings. The molecule has 5 nitrogen and oxygen atoms in total. The van der Waals surface area contributed by atoms with Crippen LogP contribution in [0.25, 0.3) is 0 Å². The predicted octanol–water partition coefficient (Wildman–Crippen LogP) is 4.30. The lowest BCUT2D eigenvalue weighted by atomic mass is 10.2. The lowest BCUT2D eigenvalue weighted by molar-refractivity contribution is -0.137. The molecule has 2 rings (SSSR count). The van der Waals surface area contributed by atoms with E-state index >= 15 is 0 Å². The van der Waals surface area contributed by atoms with E-state index in [1.165, 1.54) is 18.3 Å². The number of pyridine rings is 1. The van der Waals surface area contributed by atoms with Crippen molar-refractivity contribution in [2.24, 2.45) is 5.10 Å². The van der Waals surface area contributed by atoms with Gasteiger partial charge in [-0.2, -0.15) is 18.3 Å². The van der Waals surface area contributed by atoms with Crippen molar-refractivity contribution < 1.29 is 23.0 Å². The second kappa shape index (κ2) is 7.39. The van der Waals surface area contributed by atoms with Crippen molar-refractivity contribution >= 4 is 23.6 Å². The van der Waals surface area contributed by atoms with Crippen LogP contribution in [0.4, 0.5) is 19.0 Å². The van der Waals surface area contributed by atoms with E-state index in [0.29, 0.717) is 18.4 Å². The predicted molar refractivity (Wildman–Crippen MR) is 84.7 cm³/mol. The van der Waals surface area contributed by atoms with E-state index in [4.69, 9.17) is 16.3 Å². The molecule has 2 N–H and O–H groups in total. The Labute approximate surface area is 140 Å². The molecule has 0 atom stereocenters. The Morgan fingerprint density at radius 1 is 1.38 bits per heavy atom. The van der Waals surface area contributed by atoms with E-state index in [-0.39, 0.29) is 22.3 Å². The summed E-state index contributed by atoms with van der Waals surface area (Å²) in [4.78, 5) is 3.62. The zero-order chi connectivity index (χ0) is 17.7. The van der Waals surface area contributed by atoms with Gasteiger partial charge in [0.15, 0.2) is 11.5 Å². The second-order valence-electron chi connectivity index (χ2n) is 4.58. The van der Waals surface area contributed by atoms with Gasteiger partial charge in [-0.05, 0) is 36.8 Å². The highest BCUT2D eigenvalue weighted by molar-refractivity contribution is 6.32. The third-order valence-electron chi connectivity index (χ3n) is 2.83. The molecule has 0 saturated heterocycles. The number of anilines is 1. The third-order valence-corrected chi connectivity index (χ3v) is 3.12. The summed E-state index contributed by atoms with van der Waals surface area (Å²) in [5.41, 5.74) is 2.19. The van der Waals surface area contributed by atoms with Crippen LogP contribution in [-0.4, -0.2) is 22.9 Å². The number of hydrogen-bond donors (Lipinski definition) is 2. The summed E-state index contributed by atoms with van der Waals surface area (Å²) in [5, 5.41) is 13.7. The molecule has 0 aliphatic carbocycles. The minimum atomic E-state index is -4.44. The summed E-state index contributed by atoms with van der Waals surface area (Å²) in [6.45, 7) is 2.10. The molecule has 0 bridgehead atoms. The largest absolute Gasteiger partial charge is 0.503 e. The van der Waals surface area contributed by atoms with E-state index in [2.05, 4.69) is 15.5 Å². The SMILES string of the molecule is CCOc1cc(/C=N/Nc2ccc(C(F)(F)F)cn2)cc(Cl)c1O. The van der Waals surface area contributed by atoms with Gasteiger partial charge < -0.3 is 9.84 Å². The lowest BCUT2D eigenvalue weighted by Gasteiger charge is -2.08. The van der Waals surface area contributed by atoms with Gasteiger partial charge in [-0.1, -0.05) is 11.6 Å². The van der Waals surface area contributed by atoms with Crippen LogP contribution in [0.3, 0.4) is 0 Å². The molecule has 0 unspecified atom stereocenters. The first kappa shape index (κ1) is 17.9. The van der Waals surface area contributed by atoms with Crippen LogP contribution in [0.1, 0.15) is 18.1 Å². The van der Waals surface area contributed by atoms with Crippen molar-refractivity contribution in [3.63, 3.8) is 0 Å². The molecule has 0 aliphatic heterocycles. The highest BCUT2D eigenvalue weighted by Gasteiger charge is 2.30. The van der Waals surface area contributed by atoms with Crippen LogP contribution >= 0.6 is 11.6 Å². The van der Waals surface area contributed by atoms with E-state index in [1.54, 1.807) is 6.92 Å². The summed E-state index contributed by atoms with van der Waals surface area (Å²) >= 11 is 5.88. The van der Waals surface area contributed by atoms with Crippen molar-refractivity contribution in [3.05, 3.63) is 46.6 Å². The summed E-state index contributed by atoms with van der Waals surface area (Å²) in [6, 6.07) is 5.05. The van der Waals surface area contributed by atoms with Crippen LogP contribution in [0.2, 0.25) is 5.02 Å². The smallest absolute Gasteiger partial charge is 0.417 e. The molecule has 1 aromatic carbocycles. The van der Waals surface area contributed by atoms with Crippen LogP contribution in [0.15, 0.2) is 35.6 Å². The van der Waals surface area contributed by atoms with Crippen molar-refractivity contribution in [3.8, 4) is 11.5 Å². The van der Waals surface area contributed by atoms with Gasteiger partial charge in [-0.15, -0.1) is 0 Å². The van der Waals surface area contributed by atoms with Crippen LogP contribution < -0.4 is 10.2 Å². The number of hydrazone groups is 1. The summed E-state index contributed by atoms with van der Waals surface area (Å²) in [7, 11) is 0. The number of hydrogen-bond acceptors (Lipinski definition) is 5. The Morgan fingerprint density at radius 2 is 2.12 bits per heavy atom. The Balaban J connectivity index is 2.09. The minimum absolute atomic E-state index is 0.0926. The van der Waals surface area contributed by atoms with Gasteiger partial charge in [0, 0.05) is 6.20 Å². The summed E-state index contributed by atoms with van der Waals surface area (Å²) in [6.07, 6.45) is -2.36. The quantitative estimate of drug-likeness (QED) is 0.617. The number of alkyl halides is 3. The second-order valence-corrected chi connectivity index (χ2v) is 4.99. The Kier molecular flexibility index (Phi) is 5.50. The van der Waals surface area contributed by atoms with Crippen molar-refractivity contribution in [2.45, 2.75) is 13.1 Å². The summed E-state index contributed by atoms with van der Waals surface area (Å²) < 4.78 is 42.5. The number of phenolic OH excluding ortho intramolecular Hbond substituents is 1. The molecule has 24 heavy (non-hydrogen) atoms. The number of aromatic hydroxyl groups is 1. The first-order valence-electron chi connectivity index (χ1n) is 6.79. The number of nitrogens with one attached hydrogen (secondary N) is 1. The normalized spacial score (nSPS) is 11.7. The van der Waals surface area contributed by atoms with Crippen LogP contribution in [0, 0.1) is 0 Å². The van der Waals surface area contributed by atoms with E-state index < -0.39 is 11.7 Å². The van der Waals surface area contributed by atoms with Gasteiger partial charge in [0.1, 0.15) is 5.82 Å². The maximum absolute atomic E-state index is 12.4. The first-order valence-corrected chi connectivity index (χ1v) is 7.16. The molecule has 0 saturated carbocycles.